The predicted octanol–water partition coefficient (Wildman–Crippen LogP) is 4.01. The Hall–Kier alpha value is -2.43. The second-order valence-electron chi connectivity index (χ2n) is 6.30. The van der Waals surface area contributed by atoms with Crippen LogP contribution in [0.3, 0.4) is 0 Å². The number of rotatable bonds is 6. The quantitative estimate of drug-likeness (QED) is 0.520. The first-order valence-corrected chi connectivity index (χ1v) is 12.3. The number of halogens is 1. The Morgan fingerprint density at radius 1 is 1.17 bits per heavy atom. The molecule has 0 fully saturated rings. The smallest absolute Gasteiger partial charge is 0.316 e. The Balaban J connectivity index is 2.27. The van der Waals surface area contributed by atoms with Gasteiger partial charge in [0, 0.05) is 29.3 Å². The maximum absolute atomic E-state index is 13.9. The number of hydrogen-bond donors (Lipinski definition) is 2. The number of benzene rings is 3. The molecule has 0 aliphatic heterocycles. The zero-order valence-corrected chi connectivity index (χ0v) is 19.3. The second-order valence-corrected chi connectivity index (χ2v) is 11.0. The molecule has 0 bridgehead atoms. The summed E-state index contributed by atoms with van der Waals surface area (Å²) in [7, 11) is -2.02. The number of nitrogens with zero attached hydrogens (tertiary/aromatic N) is 2. The fourth-order valence-electron chi connectivity index (χ4n) is 3.07. The summed E-state index contributed by atoms with van der Waals surface area (Å²) in [6, 6.07) is 15.2. The van der Waals surface area contributed by atoms with Crippen LogP contribution in [0.4, 0.5) is 5.69 Å². The van der Waals surface area contributed by atoms with Crippen LogP contribution in [0.25, 0.3) is 10.8 Å². The van der Waals surface area contributed by atoms with Crippen molar-refractivity contribution < 1.29 is 23.4 Å². The standard InChI is InChI=1S/C20H19BrN2O5S2/c1-22-30(28,14-9-7-13(21)8-10-14)23(2)17-11-18(29(27)12-19(24)25)20(26)16-6-4-3-5-15(16)17/h3-11,26H,12H2,1-2H3,(H,24,25). The molecule has 0 amide bonds. The molecule has 2 N–H and O–H groups in total. The summed E-state index contributed by atoms with van der Waals surface area (Å²) in [4.78, 5) is 11.5. The maximum atomic E-state index is 13.9. The molecule has 0 aliphatic rings. The number of aliphatic carboxylic acids is 1. The topological polar surface area (TPSA) is 107 Å². The molecule has 7 nitrogen and oxygen atoms in total. The van der Waals surface area contributed by atoms with Gasteiger partial charge in [-0.1, -0.05) is 40.2 Å². The van der Waals surface area contributed by atoms with E-state index < -0.39 is 32.4 Å². The molecule has 0 aliphatic carbocycles. The summed E-state index contributed by atoms with van der Waals surface area (Å²) < 4.78 is 32.9. The fraction of sp³-hybridized carbons (Fsp3) is 0.150. The van der Waals surface area contributed by atoms with E-state index in [1.165, 1.54) is 17.4 Å². The summed E-state index contributed by atoms with van der Waals surface area (Å²) >= 11 is 3.36. The van der Waals surface area contributed by atoms with Gasteiger partial charge in [-0.05, 0) is 30.3 Å². The monoisotopic (exact) mass is 510 g/mol. The molecule has 0 aromatic heterocycles. The Morgan fingerprint density at radius 3 is 2.33 bits per heavy atom. The molecule has 3 aromatic carbocycles. The van der Waals surface area contributed by atoms with Crippen molar-refractivity contribution in [3.05, 3.63) is 59.1 Å². The predicted molar refractivity (Wildman–Crippen MR) is 122 cm³/mol. The van der Waals surface area contributed by atoms with Crippen molar-refractivity contribution in [3.8, 4) is 5.75 Å². The number of fused-ring (bicyclic) bond motifs is 1. The highest BCUT2D eigenvalue weighted by atomic mass is 79.9. The third-order valence-corrected chi connectivity index (χ3v) is 8.70. The van der Waals surface area contributed by atoms with Crippen LogP contribution in [-0.2, 0) is 25.5 Å². The number of carboxylic acid groups (broad SMARTS) is 1. The molecule has 2 atom stereocenters. The van der Waals surface area contributed by atoms with E-state index in [0.29, 0.717) is 21.4 Å². The number of anilines is 1. The molecule has 10 heteroatoms. The summed E-state index contributed by atoms with van der Waals surface area (Å²) in [5.74, 6) is -2.17. The van der Waals surface area contributed by atoms with E-state index in [1.54, 1.807) is 55.6 Å². The van der Waals surface area contributed by atoms with Gasteiger partial charge in [0.2, 0.25) is 0 Å². The van der Waals surface area contributed by atoms with Gasteiger partial charge in [0.25, 0.3) is 0 Å². The van der Waals surface area contributed by atoms with Gasteiger partial charge in [-0.2, -0.15) is 0 Å². The van der Waals surface area contributed by atoms with Crippen LogP contribution in [0.1, 0.15) is 0 Å². The van der Waals surface area contributed by atoms with E-state index in [4.69, 9.17) is 5.11 Å². The fourth-order valence-corrected chi connectivity index (χ4v) is 5.96. The summed E-state index contributed by atoms with van der Waals surface area (Å²) in [6.07, 6.45) is 0. The maximum Gasteiger partial charge on any atom is 0.316 e. The van der Waals surface area contributed by atoms with E-state index in [2.05, 4.69) is 20.3 Å². The van der Waals surface area contributed by atoms with Crippen molar-refractivity contribution in [1.29, 1.82) is 0 Å². The van der Waals surface area contributed by atoms with Gasteiger partial charge < -0.3 is 10.2 Å². The first-order valence-electron chi connectivity index (χ1n) is 8.68. The average Bonchev–Trinajstić information content (AvgIpc) is 2.73. The molecular weight excluding hydrogens is 492 g/mol. The minimum Gasteiger partial charge on any atom is -0.506 e. The molecule has 0 saturated heterocycles. The number of aromatic hydroxyl groups is 1. The molecule has 0 radical (unpaired) electrons. The van der Waals surface area contributed by atoms with Gasteiger partial charge in [0.15, 0.2) is 9.92 Å². The molecule has 3 aromatic rings. The molecule has 2 unspecified atom stereocenters. The summed E-state index contributed by atoms with van der Waals surface area (Å²) in [6.45, 7) is 0. The third-order valence-electron chi connectivity index (χ3n) is 4.54. The van der Waals surface area contributed by atoms with Crippen molar-refractivity contribution in [2.24, 2.45) is 4.36 Å². The van der Waals surface area contributed by atoms with Crippen LogP contribution >= 0.6 is 15.9 Å². The highest BCUT2D eigenvalue weighted by Crippen LogP contribution is 2.39. The molecule has 3 rings (SSSR count). The minimum absolute atomic E-state index is 0.0355. The van der Waals surface area contributed by atoms with Crippen molar-refractivity contribution in [2.45, 2.75) is 9.79 Å². The third kappa shape index (κ3) is 4.07. The number of hydrogen-bond acceptors (Lipinski definition) is 5. The van der Waals surface area contributed by atoms with Crippen LogP contribution in [0.5, 0.6) is 5.75 Å². The van der Waals surface area contributed by atoms with Crippen molar-refractivity contribution in [1.82, 2.24) is 0 Å². The van der Waals surface area contributed by atoms with Crippen molar-refractivity contribution >= 4 is 59.1 Å². The minimum atomic E-state index is -3.08. The molecule has 0 saturated carbocycles. The molecule has 0 heterocycles. The molecule has 30 heavy (non-hydrogen) atoms. The second kappa shape index (κ2) is 8.75. The van der Waals surface area contributed by atoms with Crippen LogP contribution in [0.2, 0.25) is 0 Å². The molecule has 158 valence electrons. The average molecular weight is 511 g/mol. The summed E-state index contributed by atoms with van der Waals surface area (Å²) in [5, 5.41) is 20.6. The SMILES string of the molecule is CN=S(=O)(c1ccc(Br)cc1)N(C)c1cc(S(=O)CC(=O)O)c(O)c2ccccc12. The Kier molecular flexibility index (Phi) is 6.49. The lowest BCUT2D eigenvalue weighted by Crippen LogP contribution is -2.27. The van der Waals surface area contributed by atoms with E-state index in [9.17, 15) is 18.3 Å². The van der Waals surface area contributed by atoms with Crippen LogP contribution < -0.4 is 4.31 Å². The van der Waals surface area contributed by atoms with Gasteiger partial charge in [-0.3, -0.25) is 13.3 Å². The van der Waals surface area contributed by atoms with Gasteiger partial charge in [-0.15, -0.1) is 0 Å². The number of phenols is 1. The highest BCUT2D eigenvalue weighted by molar-refractivity contribution is 9.10. The van der Waals surface area contributed by atoms with Crippen LogP contribution in [0.15, 0.2) is 73.2 Å². The normalized spacial score (nSPS) is 14.1. The van der Waals surface area contributed by atoms with E-state index in [1.807, 2.05) is 0 Å². The lowest BCUT2D eigenvalue weighted by molar-refractivity contribution is -0.133. The van der Waals surface area contributed by atoms with Crippen molar-refractivity contribution in [2.75, 3.05) is 24.2 Å². The molecular formula is C20H19BrN2O5S2. The van der Waals surface area contributed by atoms with Crippen molar-refractivity contribution in [3.63, 3.8) is 0 Å². The zero-order chi connectivity index (χ0) is 22.1. The van der Waals surface area contributed by atoms with Gasteiger partial charge in [0.1, 0.15) is 11.5 Å². The zero-order valence-electron chi connectivity index (χ0n) is 16.1. The highest BCUT2D eigenvalue weighted by Gasteiger charge is 2.25. The lowest BCUT2D eigenvalue weighted by atomic mass is 10.1. The first-order chi connectivity index (χ1) is 14.2. The number of phenolic OH excluding ortho intramolecular Hbond substituents is 1. The first kappa shape index (κ1) is 22.3. The summed E-state index contributed by atoms with van der Waals surface area (Å²) in [5.41, 5.74) is 0.413. The largest absolute Gasteiger partial charge is 0.506 e. The van der Waals surface area contributed by atoms with Gasteiger partial charge in [-0.25, -0.2) is 8.57 Å². The van der Waals surface area contributed by atoms with E-state index in [-0.39, 0.29) is 10.6 Å². The van der Waals surface area contributed by atoms with E-state index >= 15 is 0 Å². The molecule has 0 spiro atoms. The number of carboxylic acids is 1. The van der Waals surface area contributed by atoms with Crippen LogP contribution in [0, 0.1) is 0 Å². The van der Waals surface area contributed by atoms with Gasteiger partial charge >= 0.3 is 5.97 Å². The van der Waals surface area contributed by atoms with Crippen LogP contribution in [-0.4, -0.2) is 44.4 Å². The van der Waals surface area contributed by atoms with E-state index in [0.717, 1.165) is 4.47 Å². The Bertz CT molecular complexity index is 1270. The lowest BCUT2D eigenvalue weighted by Gasteiger charge is -2.26. The Morgan fingerprint density at radius 2 is 1.77 bits per heavy atom. The van der Waals surface area contributed by atoms with Gasteiger partial charge in [0.05, 0.1) is 26.3 Å². The number of carbonyl (C=O) groups is 1. The Labute approximate surface area is 185 Å².